The lowest BCUT2D eigenvalue weighted by molar-refractivity contribution is -0.172. The number of aliphatic hydroxyl groups is 1. The number of hydrogen-bond donors (Lipinski definition) is 7. The van der Waals surface area contributed by atoms with E-state index in [4.69, 9.17) is 14.5 Å². The van der Waals surface area contributed by atoms with E-state index in [0.29, 0.717) is 77.5 Å². The number of hydrogen-bond acceptors (Lipinski definition) is 14. The molecular formula is C54H58FN9O13. The minimum absolute atomic E-state index is 0.0317. The van der Waals surface area contributed by atoms with Gasteiger partial charge in [0.2, 0.25) is 35.4 Å². The molecule has 0 saturated heterocycles. The lowest BCUT2D eigenvalue weighted by Crippen LogP contribution is -2.52. The van der Waals surface area contributed by atoms with Gasteiger partial charge in [0.1, 0.15) is 25.2 Å². The van der Waals surface area contributed by atoms with E-state index in [1.165, 1.54) is 22.8 Å². The van der Waals surface area contributed by atoms with Gasteiger partial charge in [-0.3, -0.25) is 48.1 Å². The van der Waals surface area contributed by atoms with Crippen LogP contribution in [0.2, 0.25) is 0 Å². The Balaban J connectivity index is 0.733. The lowest BCUT2D eigenvalue weighted by Gasteiger charge is -2.36. The number of rotatable bonds is 21. The van der Waals surface area contributed by atoms with Gasteiger partial charge in [-0.1, -0.05) is 37.3 Å². The zero-order valence-corrected chi connectivity index (χ0v) is 42.4. The largest absolute Gasteiger partial charge is 0.458 e. The van der Waals surface area contributed by atoms with E-state index in [-0.39, 0.29) is 68.8 Å². The standard InChI is InChI=1S/C54H58FN9O13/c1-3-54(75)35-20-40-49-33(25-64(40)52(73)34(35)26-76-53(54)74)48-37(13-12-32-28(2)36(55)21-38(61-49)47(32)48)62-50(71)30-18-31(19-30)77-27-59-43(67)23-58-51(72)39(17-29-9-5-4-6-10-29)60-44(68)24-57-42(66)22-56-41(65)11-7-8-16-63-45(69)14-15-46(63)70/h4-6,9-10,14-15,20-21,30-31,37,39,75H,3,7-8,11-13,16-19,22-27H2,1-2H3,(H,56,65)(H,57,66)(H,58,72)(H,59,67)(H,60,68)(H,62,71)/t30?,31?,37-,39-,54-/m0/s1. The Hall–Kier alpha value is -8.18. The minimum Gasteiger partial charge on any atom is -0.458 e. The summed E-state index contributed by atoms with van der Waals surface area (Å²) in [6, 6.07) is 10.1. The molecule has 9 rings (SSSR count). The Morgan fingerprint density at radius 1 is 0.883 bits per heavy atom. The molecule has 2 aromatic heterocycles. The molecule has 3 aliphatic heterocycles. The molecule has 7 N–H and O–H groups in total. The van der Waals surface area contributed by atoms with Gasteiger partial charge < -0.3 is 51.0 Å². The van der Waals surface area contributed by atoms with Crippen LogP contribution in [-0.2, 0) is 84.2 Å². The maximum absolute atomic E-state index is 15.4. The van der Waals surface area contributed by atoms with E-state index in [2.05, 4.69) is 31.9 Å². The predicted octanol–water partition coefficient (Wildman–Crippen LogP) is 0.671. The number of cyclic esters (lactones) is 1. The van der Waals surface area contributed by atoms with Crippen molar-refractivity contribution in [2.45, 2.75) is 109 Å². The van der Waals surface area contributed by atoms with Crippen LogP contribution in [0, 0.1) is 18.7 Å². The molecule has 2 aromatic carbocycles. The summed E-state index contributed by atoms with van der Waals surface area (Å²) >= 11 is 0. The van der Waals surface area contributed by atoms with Crippen molar-refractivity contribution in [2.24, 2.45) is 5.92 Å². The predicted molar refractivity (Wildman–Crippen MR) is 270 cm³/mol. The van der Waals surface area contributed by atoms with Crippen LogP contribution in [0.1, 0.15) is 96.9 Å². The number of carbonyl (C=O) groups excluding carboxylic acids is 9. The third kappa shape index (κ3) is 11.2. The maximum Gasteiger partial charge on any atom is 0.343 e. The van der Waals surface area contributed by atoms with Gasteiger partial charge in [0, 0.05) is 60.0 Å². The molecule has 0 unspecified atom stereocenters. The second kappa shape index (κ2) is 22.6. The van der Waals surface area contributed by atoms with Crippen LogP contribution in [0.25, 0.3) is 22.3 Å². The molecule has 8 amide bonds. The van der Waals surface area contributed by atoms with E-state index in [9.17, 15) is 53.1 Å². The minimum atomic E-state index is -2.03. The molecular weight excluding hydrogens is 1000 g/mol. The molecule has 404 valence electrons. The highest BCUT2D eigenvalue weighted by atomic mass is 19.1. The number of imide groups is 1. The Morgan fingerprint density at radius 3 is 2.32 bits per heavy atom. The van der Waals surface area contributed by atoms with E-state index in [1.807, 2.05) is 0 Å². The summed E-state index contributed by atoms with van der Waals surface area (Å²) < 4.78 is 28.0. The molecule has 0 bridgehead atoms. The number of nitrogens with zero attached hydrogens (tertiary/aromatic N) is 3. The summed E-state index contributed by atoms with van der Waals surface area (Å²) in [5.41, 5.74) is 2.34. The average Bonchev–Trinajstić information content (AvgIpc) is 4.19. The Kier molecular flexibility index (Phi) is 15.7. The van der Waals surface area contributed by atoms with E-state index in [0.717, 1.165) is 16.0 Å². The monoisotopic (exact) mass is 1060 g/mol. The van der Waals surface area contributed by atoms with Crippen molar-refractivity contribution >= 4 is 64.1 Å². The molecule has 5 aliphatic rings. The number of pyridine rings is 2. The van der Waals surface area contributed by atoms with Crippen LogP contribution in [0.5, 0.6) is 0 Å². The number of amides is 8. The summed E-state index contributed by atoms with van der Waals surface area (Å²) in [6.45, 7) is 1.69. The molecule has 0 radical (unpaired) electrons. The molecule has 5 heterocycles. The number of esters is 1. The lowest BCUT2D eigenvalue weighted by atomic mass is 9.79. The molecule has 23 heteroatoms. The van der Waals surface area contributed by atoms with Crippen molar-refractivity contribution in [1.29, 1.82) is 0 Å². The number of fused-ring (bicyclic) bond motifs is 5. The van der Waals surface area contributed by atoms with Gasteiger partial charge in [0.15, 0.2) is 5.60 Å². The van der Waals surface area contributed by atoms with Gasteiger partial charge in [0.05, 0.1) is 60.8 Å². The molecule has 1 fully saturated rings. The first-order valence-electron chi connectivity index (χ1n) is 25.6. The van der Waals surface area contributed by atoms with Crippen molar-refractivity contribution in [2.75, 3.05) is 32.9 Å². The number of aromatic nitrogens is 2. The van der Waals surface area contributed by atoms with Crippen LogP contribution in [0.3, 0.4) is 0 Å². The van der Waals surface area contributed by atoms with Crippen molar-refractivity contribution in [3.63, 3.8) is 0 Å². The third-order valence-electron chi connectivity index (χ3n) is 14.9. The van der Waals surface area contributed by atoms with Crippen molar-refractivity contribution < 1.29 is 62.1 Å². The fourth-order valence-corrected chi connectivity index (χ4v) is 10.5. The van der Waals surface area contributed by atoms with Crippen LogP contribution in [0.4, 0.5) is 4.39 Å². The zero-order chi connectivity index (χ0) is 54.7. The first kappa shape index (κ1) is 53.6. The number of nitrogens with one attached hydrogen (secondary N) is 6. The first-order valence-corrected chi connectivity index (χ1v) is 25.6. The van der Waals surface area contributed by atoms with Gasteiger partial charge in [-0.15, -0.1) is 0 Å². The Morgan fingerprint density at radius 2 is 1.58 bits per heavy atom. The van der Waals surface area contributed by atoms with E-state index < -0.39 is 102 Å². The number of carbonyl (C=O) groups is 9. The highest BCUT2D eigenvalue weighted by Gasteiger charge is 2.46. The maximum atomic E-state index is 15.4. The summed E-state index contributed by atoms with van der Waals surface area (Å²) in [5.74, 6) is -5.81. The van der Waals surface area contributed by atoms with Crippen LogP contribution in [-0.4, -0.2) is 118 Å². The Labute approximate surface area is 439 Å². The van der Waals surface area contributed by atoms with Crippen LogP contribution >= 0.6 is 0 Å². The summed E-state index contributed by atoms with van der Waals surface area (Å²) in [6.07, 6.45) is 4.46. The normalized spacial score (nSPS) is 20.0. The number of aryl methyl sites for hydroxylation is 1. The SMILES string of the molecule is CC[C@@]1(O)C(=O)OCc2c1cc1n(c2=O)Cc2c-1nc1cc(F)c(C)c3c1c2[C@@H](NC(=O)C1CC(OCNC(=O)CNC(=O)[C@H](Cc2ccccc2)NC(=O)CNC(=O)CNC(=O)CCCCN2C(=O)C=CC2=O)C1)CC3. The molecule has 77 heavy (non-hydrogen) atoms. The van der Waals surface area contributed by atoms with E-state index >= 15 is 4.39 Å². The van der Waals surface area contributed by atoms with Crippen LogP contribution < -0.4 is 37.5 Å². The van der Waals surface area contributed by atoms with Gasteiger partial charge in [-0.05, 0) is 80.2 Å². The third-order valence-corrected chi connectivity index (χ3v) is 14.9. The summed E-state index contributed by atoms with van der Waals surface area (Å²) in [7, 11) is 0. The van der Waals surface area contributed by atoms with Gasteiger partial charge >= 0.3 is 5.97 Å². The van der Waals surface area contributed by atoms with Gasteiger partial charge in [-0.25, -0.2) is 14.2 Å². The molecule has 22 nitrogen and oxygen atoms in total. The number of ether oxygens (including phenoxy) is 2. The highest BCUT2D eigenvalue weighted by molar-refractivity contribution is 6.12. The smallest absolute Gasteiger partial charge is 0.343 e. The molecule has 0 spiro atoms. The quantitative estimate of drug-likeness (QED) is 0.0230. The fraction of sp³-hybridized carbons (Fsp3) is 0.426. The number of halogens is 1. The topological polar surface area (TPSA) is 303 Å². The molecule has 1 saturated carbocycles. The zero-order valence-electron chi connectivity index (χ0n) is 42.4. The average molecular weight is 1060 g/mol. The summed E-state index contributed by atoms with van der Waals surface area (Å²) in [4.78, 5) is 134. The van der Waals surface area contributed by atoms with E-state index in [1.54, 1.807) is 50.2 Å². The second-order valence-corrected chi connectivity index (χ2v) is 19.8. The number of benzene rings is 2. The van der Waals surface area contributed by atoms with Crippen molar-refractivity contribution in [1.82, 2.24) is 46.4 Å². The van der Waals surface area contributed by atoms with Crippen molar-refractivity contribution in [3.05, 3.63) is 110 Å². The summed E-state index contributed by atoms with van der Waals surface area (Å²) in [5, 5.41) is 27.8. The number of unbranched alkanes of at least 4 members (excludes halogenated alkanes) is 1. The molecule has 4 aromatic rings. The highest BCUT2D eigenvalue weighted by Crippen LogP contribution is 2.46. The molecule has 2 aliphatic carbocycles. The van der Waals surface area contributed by atoms with Gasteiger partial charge in [-0.2, -0.15) is 0 Å². The van der Waals surface area contributed by atoms with Crippen LogP contribution in [0.15, 0.2) is 59.4 Å². The Bertz CT molecular complexity index is 3190. The first-order chi connectivity index (χ1) is 36.9. The second-order valence-electron chi connectivity index (χ2n) is 19.8. The fourth-order valence-electron chi connectivity index (χ4n) is 10.5. The van der Waals surface area contributed by atoms with Gasteiger partial charge in [0.25, 0.3) is 17.4 Å². The molecule has 3 atom stereocenters. The van der Waals surface area contributed by atoms with Crippen molar-refractivity contribution in [3.8, 4) is 11.4 Å².